The summed E-state index contributed by atoms with van der Waals surface area (Å²) in [6.07, 6.45) is 0. The van der Waals surface area contributed by atoms with E-state index < -0.39 is 0 Å². The van der Waals surface area contributed by atoms with E-state index in [9.17, 15) is 4.79 Å². The molecule has 0 spiro atoms. The molecule has 0 aliphatic heterocycles. The second-order valence-electron chi connectivity index (χ2n) is 2.53. The molecule has 0 atom stereocenters. The molecule has 2 nitrogen and oxygen atoms in total. The molecule has 0 aliphatic carbocycles. The minimum absolute atomic E-state index is 0.0561. The summed E-state index contributed by atoms with van der Waals surface area (Å²) in [6.45, 7) is 0. The zero-order valence-electron chi connectivity index (χ0n) is 7.31. The van der Waals surface area contributed by atoms with Crippen LogP contribution in [-0.4, -0.2) is 18.8 Å². The second-order valence-corrected chi connectivity index (χ2v) is 4.28. The second kappa shape index (κ2) is 5.19. The van der Waals surface area contributed by atoms with Crippen molar-refractivity contribution in [2.24, 2.45) is 0 Å². The molecule has 0 aliphatic rings. The maximum atomic E-state index is 11.4. The van der Waals surface area contributed by atoms with Gasteiger partial charge in [-0.05, 0) is 34.7 Å². The molecule has 76 valence electrons. The Labute approximate surface area is 106 Å². The average molecular weight is 345 g/mol. The largest absolute Gasteiger partial charge is 0.497 e. The van der Waals surface area contributed by atoms with Gasteiger partial charge in [0.2, 0.25) is 0 Å². The van der Waals surface area contributed by atoms with E-state index in [1.807, 2.05) is 22.6 Å². The highest BCUT2D eigenvalue weighted by molar-refractivity contribution is 14.1. The highest BCUT2D eigenvalue weighted by Gasteiger charge is 2.13. The van der Waals surface area contributed by atoms with Crippen LogP contribution in [0.1, 0.15) is 10.4 Å². The third-order valence-corrected chi connectivity index (χ3v) is 3.68. The van der Waals surface area contributed by atoms with Gasteiger partial charge in [0.25, 0.3) is 0 Å². The molecule has 0 fully saturated rings. The molecule has 0 unspecified atom stereocenters. The molecule has 0 heterocycles. The lowest BCUT2D eigenvalue weighted by atomic mass is 10.1. The molecule has 0 N–H and O–H groups in total. The summed E-state index contributed by atoms with van der Waals surface area (Å²) in [4.78, 5) is 11.4. The molecule has 0 saturated carbocycles. The van der Waals surface area contributed by atoms with Crippen LogP contribution < -0.4 is 4.74 Å². The smallest absolute Gasteiger partial charge is 0.178 e. The lowest BCUT2D eigenvalue weighted by molar-refractivity contribution is 0.102. The van der Waals surface area contributed by atoms with Crippen LogP contribution in [0.25, 0.3) is 0 Å². The maximum Gasteiger partial charge on any atom is 0.178 e. The molecular weight excluding hydrogens is 338 g/mol. The molecule has 0 radical (unpaired) electrons. The van der Waals surface area contributed by atoms with E-state index in [1.54, 1.807) is 12.1 Å². The molecule has 5 heteroatoms. The van der Waals surface area contributed by atoms with Gasteiger partial charge in [-0.15, -0.1) is 11.6 Å². The lowest BCUT2D eigenvalue weighted by Gasteiger charge is -2.07. The monoisotopic (exact) mass is 344 g/mol. The van der Waals surface area contributed by atoms with Gasteiger partial charge in [-0.2, -0.15) is 0 Å². The highest BCUT2D eigenvalue weighted by Crippen LogP contribution is 2.28. The van der Waals surface area contributed by atoms with Gasteiger partial charge < -0.3 is 4.74 Å². The normalized spacial score (nSPS) is 10.0. The first kappa shape index (κ1) is 12.1. The van der Waals surface area contributed by atoms with Crippen LogP contribution in [0.5, 0.6) is 5.75 Å². The Bertz CT molecular complexity index is 366. The Balaban J connectivity index is 3.27. The number of methoxy groups -OCH3 is 1. The van der Waals surface area contributed by atoms with Crippen LogP contribution in [0.2, 0.25) is 5.02 Å². The van der Waals surface area contributed by atoms with Crippen LogP contribution in [0.15, 0.2) is 12.1 Å². The molecule has 14 heavy (non-hydrogen) atoms. The number of halogens is 3. The summed E-state index contributed by atoms with van der Waals surface area (Å²) in [5, 5.41) is 0.499. The van der Waals surface area contributed by atoms with E-state index >= 15 is 0 Å². The summed E-state index contributed by atoms with van der Waals surface area (Å²) in [5.74, 6) is 0.347. The van der Waals surface area contributed by atoms with Gasteiger partial charge in [0, 0.05) is 9.13 Å². The van der Waals surface area contributed by atoms with E-state index in [2.05, 4.69) is 0 Å². The molecular formula is C9H7Cl2IO2. The van der Waals surface area contributed by atoms with E-state index in [4.69, 9.17) is 27.9 Å². The van der Waals surface area contributed by atoms with Gasteiger partial charge in [0.1, 0.15) is 5.75 Å². The van der Waals surface area contributed by atoms with Gasteiger partial charge in [0.05, 0.1) is 18.0 Å². The van der Waals surface area contributed by atoms with Crippen molar-refractivity contribution in [3.05, 3.63) is 26.3 Å². The number of carbonyl (C=O) groups is 1. The van der Waals surface area contributed by atoms with E-state index in [1.165, 1.54) is 7.11 Å². The number of hydrogen-bond donors (Lipinski definition) is 0. The van der Waals surface area contributed by atoms with Crippen molar-refractivity contribution >= 4 is 51.6 Å². The summed E-state index contributed by atoms with van der Waals surface area (Å²) < 4.78 is 5.71. The fraction of sp³-hybridized carbons (Fsp3) is 0.222. The molecule has 1 aromatic rings. The lowest BCUT2D eigenvalue weighted by Crippen LogP contribution is -2.04. The highest BCUT2D eigenvalue weighted by atomic mass is 127. The number of alkyl halides is 1. The number of Topliss-reactive ketones (excluding diaryl/α,β-unsaturated/α-hetero) is 1. The van der Waals surface area contributed by atoms with Crippen LogP contribution in [0.3, 0.4) is 0 Å². The van der Waals surface area contributed by atoms with Crippen LogP contribution in [-0.2, 0) is 0 Å². The van der Waals surface area contributed by atoms with Crippen LogP contribution >= 0.6 is 45.8 Å². The third kappa shape index (κ3) is 2.52. The van der Waals surface area contributed by atoms with Gasteiger partial charge in [-0.3, -0.25) is 4.79 Å². The number of benzene rings is 1. The summed E-state index contributed by atoms with van der Waals surface area (Å²) in [5.41, 5.74) is 0.505. The molecule has 1 rings (SSSR count). The quantitative estimate of drug-likeness (QED) is 0.477. The number of ketones is 1. The first-order chi connectivity index (χ1) is 6.60. The molecule has 0 bridgehead atoms. The standard InChI is InChI=1S/C9H7Cl2IO2/c1-14-5-2-6(8(13)4-10)9(12)7(11)3-5/h2-3H,4H2,1H3. The first-order valence-electron chi connectivity index (χ1n) is 3.72. The Morgan fingerprint density at radius 2 is 2.21 bits per heavy atom. The maximum absolute atomic E-state index is 11.4. The van der Waals surface area contributed by atoms with Crippen molar-refractivity contribution in [2.75, 3.05) is 13.0 Å². The zero-order chi connectivity index (χ0) is 10.7. The first-order valence-corrected chi connectivity index (χ1v) is 5.71. The Hall–Kier alpha value is -0.000000000000000167. The number of rotatable bonds is 3. The molecule has 1 aromatic carbocycles. The fourth-order valence-corrected chi connectivity index (χ4v) is 1.92. The summed E-state index contributed by atoms with van der Waals surface area (Å²) in [6, 6.07) is 3.30. The minimum Gasteiger partial charge on any atom is -0.497 e. The van der Waals surface area contributed by atoms with Crippen molar-refractivity contribution in [1.82, 2.24) is 0 Å². The molecule has 0 aromatic heterocycles. The third-order valence-electron chi connectivity index (χ3n) is 1.66. The van der Waals surface area contributed by atoms with Gasteiger partial charge in [-0.1, -0.05) is 11.6 Å². The zero-order valence-corrected chi connectivity index (χ0v) is 11.0. The molecule has 0 amide bonds. The SMILES string of the molecule is COc1cc(Cl)c(I)c(C(=O)CCl)c1. The van der Waals surface area contributed by atoms with E-state index in [-0.39, 0.29) is 11.7 Å². The predicted molar refractivity (Wildman–Crippen MR) is 65.8 cm³/mol. The van der Waals surface area contributed by atoms with Crippen molar-refractivity contribution in [3.63, 3.8) is 0 Å². The van der Waals surface area contributed by atoms with Crippen molar-refractivity contribution in [3.8, 4) is 5.75 Å². The number of ether oxygens (including phenoxy) is 1. The fourth-order valence-electron chi connectivity index (χ4n) is 0.957. The van der Waals surface area contributed by atoms with Gasteiger partial charge >= 0.3 is 0 Å². The predicted octanol–water partition coefficient (Wildman–Crippen LogP) is 3.37. The number of hydrogen-bond acceptors (Lipinski definition) is 2. The van der Waals surface area contributed by atoms with Crippen molar-refractivity contribution < 1.29 is 9.53 Å². The Kier molecular flexibility index (Phi) is 4.47. The number of carbonyl (C=O) groups excluding carboxylic acids is 1. The minimum atomic E-state index is -0.156. The van der Waals surface area contributed by atoms with Crippen LogP contribution in [0, 0.1) is 3.57 Å². The van der Waals surface area contributed by atoms with Gasteiger partial charge in [-0.25, -0.2) is 0 Å². The molecule has 0 saturated heterocycles. The summed E-state index contributed by atoms with van der Waals surface area (Å²) in [7, 11) is 1.52. The van der Waals surface area contributed by atoms with Crippen molar-refractivity contribution in [2.45, 2.75) is 0 Å². The average Bonchev–Trinajstić information content (AvgIpc) is 2.20. The van der Waals surface area contributed by atoms with Gasteiger partial charge in [0.15, 0.2) is 5.78 Å². The summed E-state index contributed by atoms with van der Waals surface area (Å²) >= 11 is 13.4. The van der Waals surface area contributed by atoms with Crippen molar-refractivity contribution in [1.29, 1.82) is 0 Å². The Morgan fingerprint density at radius 1 is 1.57 bits per heavy atom. The van der Waals surface area contributed by atoms with Crippen LogP contribution in [0.4, 0.5) is 0 Å². The Morgan fingerprint density at radius 3 is 2.71 bits per heavy atom. The van der Waals surface area contributed by atoms with E-state index in [0.29, 0.717) is 19.9 Å². The van der Waals surface area contributed by atoms with E-state index in [0.717, 1.165) is 0 Å². The topological polar surface area (TPSA) is 26.3 Å².